The van der Waals surface area contributed by atoms with Crippen molar-refractivity contribution in [2.24, 2.45) is 5.92 Å². The molecule has 28 heavy (non-hydrogen) atoms. The maximum atomic E-state index is 13.3. The summed E-state index contributed by atoms with van der Waals surface area (Å²) >= 11 is 0. The lowest BCUT2D eigenvalue weighted by atomic mass is 9.85. The number of piperidine rings is 1. The highest BCUT2D eigenvalue weighted by Gasteiger charge is 2.57. The first kappa shape index (κ1) is 20.1. The van der Waals surface area contributed by atoms with Crippen LogP contribution in [0.25, 0.3) is 0 Å². The van der Waals surface area contributed by atoms with Gasteiger partial charge in [0.05, 0.1) is 12.5 Å². The van der Waals surface area contributed by atoms with E-state index in [-0.39, 0.29) is 23.8 Å². The zero-order valence-electron chi connectivity index (χ0n) is 17.1. The van der Waals surface area contributed by atoms with Crippen molar-refractivity contribution in [2.45, 2.75) is 46.1 Å². The van der Waals surface area contributed by atoms with Gasteiger partial charge in [0, 0.05) is 26.2 Å². The summed E-state index contributed by atoms with van der Waals surface area (Å²) in [6.07, 6.45) is 5.79. The number of imide groups is 1. The number of aromatic nitrogens is 2. The number of nitrogens with one attached hydrogen (secondary N) is 1. The van der Waals surface area contributed by atoms with Crippen LogP contribution in [0.1, 0.15) is 51.0 Å². The van der Waals surface area contributed by atoms with Gasteiger partial charge < -0.3 is 14.8 Å². The molecule has 2 aliphatic heterocycles. The van der Waals surface area contributed by atoms with E-state index in [2.05, 4.69) is 9.97 Å². The average molecular weight is 387 g/mol. The van der Waals surface area contributed by atoms with Crippen LogP contribution in [-0.4, -0.2) is 74.2 Å². The zero-order chi connectivity index (χ0) is 20.5. The number of hydrogen-bond acceptors (Lipinski definition) is 4. The maximum absolute atomic E-state index is 13.3. The molecule has 2 aliphatic rings. The average Bonchev–Trinajstić information content (AvgIpc) is 3.24. The largest absolute Gasteiger partial charge is 0.341 e. The highest BCUT2D eigenvalue weighted by atomic mass is 16.2. The molecule has 0 aromatic carbocycles. The van der Waals surface area contributed by atoms with Gasteiger partial charge in [0.2, 0.25) is 0 Å². The summed E-state index contributed by atoms with van der Waals surface area (Å²) in [6, 6.07) is -0.218. The monoisotopic (exact) mass is 387 g/mol. The Morgan fingerprint density at radius 1 is 1.29 bits per heavy atom. The van der Waals surface area contributed by atoms with Crippen LogP contribution in [0.2, 0.25) is 0 Å². The van der Waals surface area contributed by atoms with E-state index in [9.17, 15) is 14.4 Å². The van der Waals surface area contributed by atoms with Gasteiger partial charge in [0.1, 0.15) is 11.2 Å². The number of H-pyrrole nitrogens is 1. The highest BCUT2D eigenvalue weighted by Crippen LogP contribution is 2.38. The third kappa shape index (κ3) is 3.55. The van der Waals surface area contributed by atoms with Crippen LogP contribution in [0.15, 0.2) is 24.2 Å². The van der Waals surface area contributed by atoms with Crippen LogP contribution in [0.3, 0.4) is 0 Å². The van der Waals surface area contributed by atoms with Gasteiger partial charge in [0.25, 0.3) is 11.8 Å². The lowest BCUT2D eigenvalue weighted by molar-refractivity contribution is -0.135. The molecular formula is C20H29N5O3. The van der Waals surface area contributed by atoms with Gasteiger partial charge in [-0.1, -0.05) is 25.5 Å². The van der Waals surface area contributed by atoms with Crippen LogP contribution in [-0.2, 0) is 4.79 Å². The minimum Gasteiger partial charge on any atom is -0.341 e. The van der Waals surface area contributed by atoms with E-state index in [0.717, 1.165) is 5.57 Å². The van der Waals surface area contributed by atoms with Crippen LogP contribution in [0.4, 0.5) is 4.79 Å². The highest BCUT2D eigenvalue weighted by molar-refractivity contribution is 6.07. The fourth-order valence-corrected chi connectivity index (χ4v) is 3.94. The normalized spacial score (nSPS) is 19.1. The molecule has 0 atom stereocenters. The first-order valence-corrected chi connectivity index (χ1v) is 9.81. The van der Waals surface area contributed by atoms with E-state index >= 15 is 0 Å². The van der Waals surface area contributed by atoms with Gasteiger partial charge >= 0.3 is 6.03 Å². The number of rotatable bonds is 5. The number of carbonyl (C=O) groups is 3. The van der Waals surface area contributed by atoms with E-state index in [1.54, 1.807) is 9.80 Å². The molecule has 8 heteroatoms. The number of amides is 4. The standard InChI is InChI=1S/C20H29N5O3/c1-14(2)5-8-24-18(27)20(25(19(24)28)12-15(3)4)6-9-23(10-7-20)17(26)16-11-21-13-22-16/h5,11,13,15H,6-10,12H2,1-4H3,(H,21,22). The van der Waals surface area contributed by atoms with Gasteiger partial charge in [-0.15, -0.1) is 0 Å². The number of nitrogens with zero attached hydrogens (tertiary/aromatic N) is 4. The number of hydrogen-bond donors (Lipinski definition) is 1. The van der Waals surface area contributed by atoms with E-state index in [4.69, 9.17) is 0 Å². The Hall–Kier alpha value is -2.64. The fraction of sp³-hybridized carbons (Fsp3) is 0.600. The van der Waals surface area contributed by atoms with Crippen LogP contribution < -0.4 is 0 Å². The van der Waals surface area contributed by atoms with Crippen molar-refractivity contribution in [1.29, 1.82) is 0 Å². The van der Waals surface area contributed by atoms with Gasteiger partial charge in [-0.05, 0) is 32.6 Å². The first-order chi connectivity index (χ1) is 13.3. The summed E-state index contributed by atoms with van der Waals surface area (Å²) in [4.78, 5) is 50.5. The molecule has 1 aromatic heterocycles. The molecule has 3 heterocycles. The molecular weight excluding hydrogens is 358 g/mol. The number of imidazole rings is 1. The molecule has 8 nitrogen and oxygen atoms in total. The minimum atomic E-state index is -0.846. The van der Waals surface area contributed by atoms with E-state index in [1.165, 1.54) is 17.4 Å². The Morgan fingerprint density at radius 3 is 2.50 bits per heavy atom. The summed E-state index contributed by atoms with van der Waals surface area (Å²) < 4.78 is 0. The smallest absolute Gasteiger partial charge is 0.327 e. The summed E-state index contributed by atoms with van der Waals surface area (Å²) in [7, 11) is 0. The molecule has 1 spiro atoms. The molecule has 1 aromatic rings. The molecule has 2 fully saturated rings. The number of carbonyl (C=O) groups excluding carboxylic acids is 3. The van der Waals surface area contributed by atoms with Crippen molar-refractivity contribution in [3.63, 3.8) is 0 Å². The summed E-state index contributed by atoms with van der Waals surface area (Å²) in [6.45, 7) is 9.68. The molecule has 0 aliphatic carbocycles. The van der Waals surface area contributed by atoms with Crippen LogP contribution in [0, 0.1) is 5.92 Å². The van der Waals surface area contributed by atoms with E-state index in [0.29, 0.717) is 44.7 Å². The minimum absolute atomic E-state index is 0.124. The Morgan fingerprint density at radius 2 is 1.96 bits per heavy atom. The fourth-order valence-electron chi connectivity index (χ4n) is 3.94. The van der Waals surface area contributed by atoms with Crippen molar-refractivity contribution in [1.82, 2.24) is 24.7 Å². The summed E-state index contributed by atoms with van der Waals surface area (Å²) in [5.74, 6) is -0.00750. The molecule has 4 amide bonds. The van der Waals surface area contributed by atoms with Gasteiger partial charge in [-0.2, -0.15) is 0 Å². The third-order valence-corrected chi connectivity index (χ3v) is 5.46. The number of likely N-dealkylation sites (tertiary alicyclic amines) is 1. The second-order valence-corrected chi connectivity index (χ2v) is 8.27. The Labute approximate surface area is 165 Å². The van der Waals surface area contributed by atoms with Crippen molar-refractivity contribution in [3.8, 4) is 0 Å². The summed E-state index contributed by atoms with van der Waals surface area (Å²) in [5, 5.41) is 0. The Bertz CT molecular complexity index is 772. The lowest BCUT2D eigenvalue weighted by Gasteiger charge is -2.42. The van der Waals surface area contributed by atoms with E-state index < -0.39 is 5.54 Å². The number of aromatic amines is 1. The second kappa shape index (κ2) is 7.77. The van der Waals surface area contributed by atoms with Gasteiger partial charge in [0.15, 0.2) is 0 Å². The molecule has 3 rings (SSSR count). The molecule has 1 N–H and O–H groups in total. The topological polar surface area (TPSA) is 89.6 Å². The predicted octanol–water partition coefficient (Wildman–Crippen LogP) is 2.27. The van der Waals surface area contributed by atoms with Crippen molar-refractivity contribution < 1.29 is 14.4 Å². The maximum Gasteiger partial charge on any atom is 0.327 e. The molecule has 0 bridgehead atoms. The SMILES string of the molecule is CC(C)=CCN1C(=O)N(CC(C)C)C2(CCN(C(=O)c3cnc[nH]3)CC2)C1=O. The van der Waals surface area contributed by atoms with Crippen molar-refractivity contribution in [2.75, 3.05) is 26.2 Å². The van der Waals surface area contributed by atoms with Gasteiger partial charge in [-0.25, -0.2) is 9.78 Å². The van der Waals surface area contributed by atoms with Crippen LogP contribution in [0.5, 0.6) is 0 Å². The molecule has 0 radical (unpaired) electrons. The predicted molar refractivity (Wildman–Crippen MR) is 105 cm³/mol. The van der Waals surface area contributed by atoms with Crippen molar-refractivity contribution >= 4 is 17.8 Å². The second-order valence-electron chi connectivity index (χ2n) is 8.27. The molecule has 152 valence electrons. The number of urea groups is 1. The summed E-state index contributed by atoms with van der Waals surface area (Å²) in [5.41, 5.74) is 0.660. The van der Waals surface area contributed by atoms with Crippen molar-refractivity contribution in [3.05, 3.63) is 29.9 Å². The third-order valence-electron chi connectivity index (χ3n) is 5.46. The Balaban J connectivity index is 1.81. The molecule has 0 saturated carbocycles. The van der Waals surface area contributed by atoms with Crippen LogP contribution >= 0.6 is 0 Å². The quantitative estimate of drug-likeness (QED) is 0.620. The molecule has 0 unspecified atom stereocenters. The molecule has 2 saturated heterocycles. The zero-order valence-corrected chi connectivity index (χ0v) is 17.1. The van der Waals surface area contributed by atoms with E-state index in [1.807, 2.05) is 33.8 Å². The van der Waals surface area contributed by atoms with Gasteiger partial charge in [-0.3, -0.25) is 14.5 Å². The first-order valence-electron chi connectivity index (χ1n) is 9.81. The number of allylic oxidation sites excluding steroid dienone is 1. The Kier molecular flexibility index (Phi) is 5.58. The lowest BCUT2D eigenvalue weighted by Crippen LogP contribution is -2.58.